The molecule has 2 aromatic heterocycles. The molecule has 0 atom stereocenters. The number of pyridine rings is 1. The summed E-state index contributed by atoms with van der Waals surface area (Å²) in [6, 6.07) is 4.22. The summed E-state index contributed by atoms with van der Waals surface area (Å²) in [5.41, 5.74) is 0.711. The Hall–Kier alpha value is -2.55. The summed E-state index contributed by atoms with van der Waals surface area (Å²) in [4.78, 5) is 3.80. The molecule has 6 nitrogen and oxygen atoms in total. The topological polar surface area (TPSA) is 76.3 Å². The lowest BCUT2D eigenvalue weighted by Crippen LogP contribution is -2.26. The first-order valence-electron chi connectivity index (χ1n) is 6.46. The molecule has 0 spiro atoms. The molecule has 3 aromatic rings. The predicted octanol–water partition coefficient (Wildman–Crippen LogP) is 2.63. The van der Waals surface area contributed by atoms with Crippen LogP contribution in [0.1, 0.15) is 5.69 Å². The van der Waals surface area contributed by atoms with E-state index in [-0.39, 0.29) is 16.3 Å². The van der Waals surface area contributed by atoms with Crippen molar-refractivity contribution >= 4 is 26.8 Å². The first-order chi connectivity index (χ1) is 10.8. The van der Waals surface area contributed by atoms with Crippen LogP contribution in [-0.2, 0) is 10.0 Å². The van der Waals surface area contributed by atoms with Crippen molar-refractivity contribution in [2.24, 2.45) is 0 Å². The third-order valence-electron chi connectivity index (χ3n) is 3.41. The van der Waals surface area contributed by atoms with Gasteiger partial charge in [0.25, 0.3) is 15.7 Å². The van der Waals surface area contributed by atoms with Crippen molar-refractivity contribution in [3.63, 3.8) is 0 Å². The van der Waals surface area contributed by atoms with E-state index in [1.807, 2.05) is 0 Å². The Kier molecular flexibility index (Phi) is 3.52. The number of fused-ring (bicyclic) bond motifs is 1. The molecule has 23 heavy (non-hydrogen) atoms. The van der Waals surface area contributed by atoms with E-state index in [1.54, 1.807) is 6.92 Å². The maximum Gasteiger partial charge on any atom is 0.265 e. The van der Waals surface area contributed by atoms with Crippen LogP contribution in [0.3, 0.4) is 0 Å². The fourth-order valence-electron chi connectivity index (χ4n) is 2.04. The van der Waals surface area contributed by atoms with E-state index in [1.165, 1.54) is 19.2 Å². The van der Waals surface area contributed by atoms with Crippen LogP contribution in [0.5, 0.6) is 0 Å². The van der Waals surface area contributed by atoms with E-state index < -0.39 is 21.7 Å². The lowest BCUT2D eigenvalue weighted by molar-refractivity contribution is 0.442. The molecule has 0 radical (unpaired) electrons. The van der Waals surface area contributed by atoms with Crippen molar-refractivity contribution in [2.75, 3.05) is 11.4 Å². The second-order valence-electron chi connectivity index (χ2n) is 4.86. The lowest BCUT2D eigenvalue weighted by atomic mass is 10.3. The van der Waals surface area contributed by atoms with Crippen molar-refractivity contribution in [2.45, 2.75) is 11.8 Å². The Balaban J connectivity index is 2.07. The van der Waals surface area contributed by atoms with Crippen LogP contribution in [0, 0.1) is 18.6 Å². The third kappa shape index (κ3) is 2.52. The number of benzene rings is 1. The number of nitrogens with zero attached hydrogens (tertiary/aromatic N) is 3. The van der Waals surface area contributed by atoms with Gasteiger partial charge in [-0.05, 0) is 25.1 Å². The van der Waals surface area contributed by atoms with Gasteiger partial charge >= 0.3 is 0 Å². The van der Waals surface area contributed by atoms with Gasteiger partial charge in [0.15, 0.2) is 11.6 Å². The summed E-state index contributed by atoms with van der Waals surface area (Å²) in [6.45, 7) is 1.66. The number of aromatic nitrogens is 2. The van der Waals surface area contributed by atoms with Crippen molar-refractivity contribution in [1.82, 2.24) is 10.1 Å². The van der Waals surface area contributed by atoms with Crippen LogP contribution in [0.15, 0.2) is 39.9 Å². The summed E-state index contributed by atoms with van der Waals surface area (Å²) in [5, 5.41) is 4.17. The number of hydrogen-bond acceptors (Lipinski definition) is 5. The van der Waals surface area contributed by atoms with Crippen LogP contribution in [0.25, 0.3) is 11.1 Å². The van der Waals surface area contributed by atoms with Crippen LogP contribution in [0.2, 0.25) is 0 Å². The molecule has 2 heterocycles. The van der Waals surface area contributed by atoms with Crippen LogP contribution in [-0.4, -0.2) is 25.6 Å². The molecule has 0 unspecified atom stereocenters. The standard InChI is InChI=1S/C14H11F2N3O3S/c1-8-11-6-10(7-17-14(11)22-18-8)23(20,21)19(2)9-3-4-12(15)13(16)5-9/h3-7H,1-2H3. The Bertz CT molecular complexity index is 1000. The number of halogens is 2. The predicted molar refractivity (Wildman–Crippen MR) is 78.5 cm³/mol. The molecule has 0 aliphatic carbocycles. The van der Waals surface area contributed by atoms with Gasteiger partial charge in [-0.25, -0.2) is 22.2 Å². The zero-order chi connectivity index (χ0) is 16.8. The quantitative estimate of drug-likeness (QED) is 0.733. The molecule has 0 N–H and O–H groups in total. The SMILES string of the molecule is Cc1noc2ncc(S(=O)(=O)N(C)c3ccc(F)c(F)c3)cc12. The second kappa shape index (κ2) is 5.27. The van der Waals surface area contributed by atoms with Crippen molar-refractivity contribution < 1.29 is 21.7 Å². The molecule has 0 saturated heterocycles. The normalized spacial score (nSPS) is 11.8. The zero-order valence-electron chi connectivity index (χ0n) is 12.1. The van der Waals surface area contributed by atoms with Gasteiger partial charge in [-0.1, -0.05) is 5.16 Å². The van der Waals surface area contributed by atoms with Gasteiger partial charge in [-0.3, -0.25) is 4.31 Å². The zero-order valence-corrected chi connectivity index (χ0v) is 12.9. The maximum atomic E-state index is 13.3. The number of rotatable bonds is 3. The van der Waals surface area contributed by atoms with Gasteiger partial charge in [0.05, 0.1) is 23.0 Å². The van der Waals surface area contributed by atoms with E-state index >= 15 is 0 Å². The Labute approximate surface area is 130 Å². The maximum absolute atomic E-state index is 13.3. The third-order valence-corrected chi connectivity index (χ3v) is 5.16. The second-order valence-corrected chi connectivity index (χ2v) is 6.83. The molecule has 0 saturated carbocycles. The molecule has 0 aliphatic rings. The largest absolute Gasteiger partial charge is 0.336 e. The average Bonchev–Trinajstić information content (AvgIpc) is 2.90. The molecule has 0 amide bonds. The molecule has 0 bridgehead atoms. The van der Waals surface area contributed by atoms with Crippen molar-refractivity contribution in [3.05, 3.63) is 47.8 Å². The Morgan fingerprint density at radius 1 is 1.17 bits per heavy atom. The molecule has 120 valence electrons. The van der Waals surface area contributed by atoms with Gasteiger partial charge in [-0.15, -0.1) is 0 Å². The van der Waals surface area contributed by atoms with Gasteiger partial charge in [0, 0.05) is 13.1 Å². The minimum Gasteiger partial charge on any atom is -0.336 e. The highest BCUT2D eigenvalue weighted by Gasteiger charge is 2.24. The molecule has 3 rings (SSSR count). The molecule has 0 aliphatic heterocycles. The van der Waals surface area contributed by atoms with E-state index in [9.17, 15) is 17.2 Å². The number of sulfonamides is 1. The van der Waals surface area contributed by atoms with Crippen molar-refractivity contribution in [1.29, 1.82) is 0 Å². The highest BCUT2D eigenvalue weighted by molar-refractivity contribution is 7.92. The highest BCUT2D eigenvalue weighted by Crippen LogP contribution is 2.26. The monoisotopic (exact) mass is 339 g/mol. The summed E-state index contributed by atoms with van der Waals surface area (Å²) < 4.78 is 57.3. The van der Waals surface area contributed by atoms with Crippen LogP contribution in [0.4, 0.5) is 14.5 Å². The molecule has 9 heteroatoms. The summed E-state index contributed by atoms with van der Waals surface area (Å²) in [5.74, 6) is -2.18. The van der Waals surface area contributed by atoms with Crippen LogP contribution < -0.4 is 4.31 Å². The van der Waals surface area contributed by atoms with Crippen molar-refractivity contribution in [3.8, 4) is 0 Å². The first-order valence-corrected chi connectivity index (χ1v) is 7.91. The van der Waals surface area contributed by atoms with Gasteiger partial charge in [0.2, 0.25) is 0 Å². The highest BCUT2D eigenvalue weighted by atomic mass is 32.2. The summed E-state index contributed by atoms with van der Waals surface area (Å²) in [6.07, 6.45) is 1.12. The number of anilines is 1. The minimum atomic E-state index is -4.00. The molecular formula is C14H11F2N3O3S. The number of hydrogen-bond donors (Lipinski definition) is 0. The fraction of sp³-hybridized carbons (Fsp3) is 0.143. The number of aryl methyl sites for hydroxylation is 1. The minimum absolute atomic E-state index is 0.00830. The average molecular weight is 339 g/mol. The summed E-state index contributed by atoms with van der Waals surface area (Å²) in [7, 11) is -2.75. The van der Waals surface area contributed by atoms with E-state index in [0.29, 0.717) is 11.1 Å². The Morgan fingerprint density at radius 2 is 1.91 bits per heavy atom. The molecular weight excluding hydrogens is 328 g/mol. The van der Waals surface area contributed by atoms with E-state index in [2.05, 4.69) is 10.1 Å². The molecule has 0 fully saturated rings. The first kappa shape index (κ1) is 15.3. The smallest absolute Gasteiger partial charge is 0.265 e. The molecule has 1 aromatic carbocycles. The van der Waals surface area contributed by atoms with Gasteiger partial charge < -0.3 is 4.52 Å². The fourth-order valence-corrected chi connectivity index (χ4v) is 3.20. The summed E-state index contributed by atoms with van der Waals surface area (Å²) >= 11 is 0. The van der Waals surface area contributed by atoms with Gasteiger partial charge in [0.1, 0.15) is 4.90 Å². The van der Waals surface area contributed by atoms with E-state index in [0.717, 1.165) is 22.6 Å². The Morgan fingerprint density at radius 3 is 2.61 bits per heavy atom. The van der Waals surface area contributed by atoms with E-state index in [4.69, 9.17) is 4.52 Å². The van der Waals surface area contributed by atoms with Crippen LogP contribution >= 0.6 is 0 Å². The lowest BCUT2D eigenvalue weighted by Gasteiger charge is -2.19. The van der Waals surface area contributed by atoms with Gasteiger partial charge in [-0.2, -0.15) is 0 Å².